The van der Waals surface area contributed by atoms with Crippen molar-refractivity contribution < 1.29 is 24.2 Å². The fraction of sp³-hybridized carbons (Fsp3) is 0.133. The fourth-order valence-electron chi connectivity index (χ4n) is 1.92. The number of hydrogen-bond acceptors (Lipinski definition) is 5. The summed E-state index contributed by atoms with van der Waals surface area (Å²) in [5.41, 5.74) is 0.833. The molecular formula is C15H12N2O5. The highest BCUT2D eigenvalue weighted by atomic mass is 16.4. The molecule has 0 aliphatic heterocycles. The maximum absolute atomic E-state index is 11.4. The van der Waals surface area contributed by atoms with Gasteiger partial charge in [-0.15, -0.1) is 0 Å². The number of carbonyl (C=O) groups is 2. The number of nitrogens with zero attached hydrogens (tertiary/aromatic N) is 1. The lowest BCUT2D eigenvalue weighted by atomic mass is 10.1. The molecule has 1 aromatic carbocycles. The zero-order chi connectivity index (χ0) is 16.3. The fourth-order valence-corrected chi connectivity index (χ4v) is 1.92. The number of furan rings is 1. The molecule has 0 fully saturated rings. The standard InChI is InChI=1S/C15H12N2O5/c1-8-11(14(18)19)6-12(22-8)13(15(20)21)17-10-4-2-9(7-16)3-5-10/h2-6,13,17H,1H3,(H,18,19)(H,20,21). The normalized spacial score (nSPS) is 11.5. The summed E-state index contributed by atoms with van der Waals surface area (Å²) in [6.07, 6.45) is 0. The molecule has 1 aromatic heterocycles. The van der Waals surface area contributed by atoms with E-state index in [0.717, 1.165) is 0 Å². The second kappa shape index (κ2) is 6.01. The molecule has 0 saturated heterocycles. The molecule has 3 N–H and O–H groups in total. The molecule has 1 heterocycles. The minimum absolute atomic E-state index is 0.00763. The Balaban J connectivity index is 2.30. The van der Waals surface area contributed by atoms with Crippen LogP contribution in [0.25, 0.3) is 0 Å². The lowest BCUT2D eigenvalue weighted by Gasteiger charge is -2.13. The van der Waals surface area contributed by atoms with Crippen LogP contribution in [0.2, 0.25) is 0 Å². The smallest absolute Gasteiger partial charge is 0.339 e. The maximum atomic E-state index is 11.4. The van der Waals surface area contributed by atoms with Gasteiger partial charge in [-0.05, 0) is 37.3 Å². The molecule has 22 heavy (non-hydrogen) atoms. The number of carboxylic acids is 2. The lowest BCUT2D eigenvalue weighted by Crippen LogP contribution is -2.20. The molecule has 1 atom stereocenters. The van der Waals surface area contributed by atoms with E-state index in [4.69, 9.17) is 14.8 Å². The van der Waals surface area contributed by atoms with Gasteiger partial charge in [0.25, 0.3) is 0 Å². The Morgan fingerprint density at radius 3 is 2.36 bits per heavy atom. The van der Waals surface area contributed by atoms with Gasteiger partial charge in [-0.1, -0.05) is 0 Å². The zero-order valence-electron chi connectivity index (χ0n) is 11.5. The largest absolute Gasteiger partial charge is 0.479 e. The van der Waals surface area contributed by atoms with E-state index in [9.17, 15) is 14.7 Å². The number of aliphatic carboxylic acids is 1. The Hall–Kier alpha value is -3.27. The van der Waals surface area contributed by atoms with Gasteiger partial charge in [-0.3, -0.25) is 0 Å². The maximum Gasteiger partial charge on any atom is 0.339 e. The Kier molecular flexibility index (Phi) is 4.13. The van der Waals surface area contributed by atoms with Crippen LogP contribution in [0.3, 0.4) is 0 Å². The van der Waals surface area contributed by atoms with E-state index in [1.165, 1.54) is 25.1 Å². The monoisotopic (exact) mass is 300 g/mol. The van der Waals surface area contributed by atoms with Crippen molar-refractivity contribution in [3.63, 3.8) is 0 Å². The van der Waals surface area contributed by atoms with Crippen LogP contribution < -0.4 is 5.32 Å². The van der Waals surface area contributed by atoms with Crippen LogP contribution in [0.1, 0.15) is 33.5 Å². The van der Waals surface area contributed by atoms with E-state index in [-0.39, 0.29) is 17.1 Å². The number of nitriles is 1. The quantitative estimate of drug-likeness (QED) is 0.774. The molecule has 1 unspecified atom stereocenters. The summed E-state index contributed by atoms with van der Waals surface area (Å²) in [7, 11) is 0. The SMILES string of the molecule is Cc1oc(C(Nc2ccc(C#N)cc2)C(=O)O)cc1C(=O)O. The zero-order valence-corrected chi connectivity index (χ0v) is 11.5. The third-order valence-electron chi connectivity index (χ3n) is 3.02. The molecule has 2 rings (SSSR count). The van der Waals surface area contributed by atoms with Crippen LogP contribution in [0, 0.1) is 18.3 Å². The first-order chi connectivity index (χ1) is 10.4. The molecule has 0 amide bonds. The van der Waals surface area contributed by atoms with Crippen LogP contribution in [-0.2, 0) is 4.79 Å². The first-order valence-corrected chi connectivity index (χ1v) is 6.25. The van der Waals surface area contributed by atoms with Gasteiger partial charge >= 0.3 is 11.9 Å². The Bertz CT molecular complexity index is 755. The average Bonchev–Trinajstić information content (AvgIpc) is 2.87. The third-order valence-corrected chi connectivity index (χ3v) is 3.02. The second-order valence-electron chi connectivity index (χ2n) is 4.53. The van der Waals surface area contributed by atoms with Crippen molar-refractivity contribution in [1.82, 2.24) is 0 Å². The van der Waals surface area contributed by atoms with E-state index < -0.39 is 18.0 Å². The van der Waals surface area contributed by atoms with Crippen LogP contribution in [-0.4, -0.2) is 22.2 Å². The van der Waals surface area contributed by atoms with Crippen molar-refractivity contribution >= 4 is 17.6 Å². The van der Waals surface area contributed by atoms with Crippen molar-refractivity contribution in [3.05, 3.63) is 53.0 Å². The van der Waals surface area contributed by atoms with Gasteiger partial charge in [0, 0.05) is 5.69 Å². The molecule has 0 radical (unpaired) electrons. The second-order valence-corrected chi connectivity index (χ2v) is 4.53. The van der Waals surface area contributed by atoms with Gasteiger partial charge in [0.2, 0.25) is 0 Å². The summed E-state index contributed by atoms with van der Waals surface area (Å²) in [5.74, 6) is -2.27. The number of benzene rings is 1. The summed E-state index contributed by atoms with van der Waals surface area (Å²) < 4.78 is 5.24. The molecule has 7 heteroatoms. The first kappa shape index (κ1) is 15.1. The molecule has 0 saturated carbocycles. The van der Waals surface area contributed by atoms with E-state index in [1.807, 2.05) is 6.07 Å². The minimum Gasteiger partial charge on any atom is -0.479 e. The van der Waals surface area contributed by atoms with Crippen LogP contribution >= 0.6 is 0 Å². The molecule has 112 valence electrons. The number of nitrogens with one attached hydrogen (secondary N) is 1. The first-order valence-electron chi connectivity index (χ1n) is 6.25. The Morgan fingerprint density at radius 2 is 1.91 bits per heavy atom. The summed E-state index contributed by atoms with van der Waals surface area (Å²) >= 11 is 0. The van der Waals surface area contributed by atoms with Crippen molar-refractivity contribution in [2.24, 2.45) is 0 Å². The Labute approximate surface area is 125 Å². The highest BCUT2D eigenvalue weighted by Crippen LogP contribution is 2.25. The third kappa shape index (κ3) is 3.07. The highest BCUT2D eigenvalue weighted by Gasteiger charge is 2.26. The van der Waals surface area contributed by atoms with E-state index in [0.29, 0.717) is 11.3 Å². The van der Waals surface area contributed by atoms with Gasteiger partial charge < -0.3 is 19.9 Å². The number of anilines is 1. The van der Waals surface area contributed by atoms with E-state index in [1.54, 1.807) is 12.1 Å². The average molecular weight is 300 g/mol. The van der Waals surface area contributed by atoms with Gasteiger partial charge in [0.05, 0.1) is 11.6 Å². The molecule has 7 nitrogen and oxygen atoms in total. The van der Waals surface area contributed by atoms with Crippen LogP contribution in [0.4, 0.5) is 5.69 Å². The lowest BCUT2D eigenvalue weighted by molar-refractivity contribution is -0.138. The molecule has 0 bridgehead atoms. The van der Waals surface area contributed by atoms with Gasteiger partial charge in [-0.2, -0.15) is 5.26 Å². The van der Waals surface area contributed by atoms with Gasteiger partial charge in [0.1, 0.15) is 17.1 Å². The molecule has 0 aliphatic rings. The predicted octanol–water partition coefficient (Wildman–Crippen LogP) is 2.40. The predicted molar refractivity (Wildman–Crippen MR) is 75.6 cm³/mol. The van der Waals surface area contributed by atoms with E-state index >= 15 is 0 Å². The number of rotatable bonds is 5. The van der Waals surface area contributed by atoms with Gasteiger partial charge in [-0.25, -0.2) is 9.59 Å². The van der Waals surface area contributed by atoms with E-state index in [2.05, 4.69) is 5.32 Å². The molecular weight excluding hydrogens is 288 g/mol. The number of hydrogen-bond donors (Lipinski definition) is 3. The number of carboxylic acid groups (broad SMARTS) is 2. The number of aromatic carboxylic acids is 1. The highest BCUT2D eigenvalue weighted by molar-refractivity contribution is 5.89. The molecule has 0 aliphatic carbocycles. The van der Waals surface area contributed by atoms with Crippen molar-refractivity contribution in [3.8, 4) is 6.07 Å². The van der Waals surface area contributed by atoms with Gasteiger partial charge in [0.15, 0.2) is 6.04 Å². The minimum atomic E-state index is -1.24. The summed E-state index contributed by atoms with van der Waals surface area (Å²) in [5, 5.41) is 29.8. The molecule has 2 aromatic rings. The van der Waals surface area contributed by atoms with Crippen LogP contribution in [0.15, 0.2) is 34.7 Å². The summed E-state index contributed by atoms with van der Waals surface area (Å²) in [6, 6.07) is 8.10. The molecule has 0 spiro atoms. The topological polar surface area (TPSA) is 124 Å². The van der Waals surface area contributed by atoms with Crippen molar-refractivity contribution in [2.75, 3.05) is 5.32 Å². The van der Waals surface area contributed by atoms with Crippen molar-refractivity contribution in [1.29, 1.82) is 5.26 Å². The summed E-state index contributed by atoms with van der Waals surface area (Å²) in [4.78, 5) is 22.4. The van der Waals surface area contributed by atoms with Crippen molar-refractivity contribution in [2.45, 2.75) is 13.0 Å². The Morgan fingerprint density at radius 1 is 1.27 bits per heavy atom. The number of aryl methyl sites for hydroxylation is 1. The van der Waals surface area contributed by atoms with Crippen LogP contribution in [0.5, 0.6) is 0 Å². The summed E-state index contributed by atoms with van der Waals surface area (Å²) in [6.45, 7) is 1.45.